The summed E-state index contributed by atoms with van der Waals surface area (Å²) in [5.41, 5.74) is 0. The molecule has 1 heterocycles. The molecule has 0 unspecified atom stereocenters. The summed E-state index contributed by atoms with van der Waals surface area (Å²) in [5.74, 6) is -7.73. The van der Waals surface area contributed by atoms with Crippen LogP contribution in [0.1, 0.15) is 6.92 Å². The predicted molar refractivity (Wildman–Crippen MR) is 54.6 cm³/mol. The number of aromatic nitrogens is 3. The zero-order valence-electron chi connectivity index (χ0n) is 9.60. The van der Waals surface area contributed by atoms with Crippen molar-refractivity contribution in [2.24, 2.45) is 0 Å². The maximum absolute atomic E-state index is 13.1. The highest BCUT2D eigenvalue weighted by Crippen LogP contribution is 2.15. The standard InChI is InChI=1S/C9H12F2N4O3/c1-2-18-8(17)9(10,11)7(16)12-3-5-15-6-4-13-14-15/h4,6H,2-3,5H2,1H3,(H,12,16). The summed E-state index contributed by atoms with van der Waals surface area (Å²) in [5, 5.41) is 9.00. The molecule has 0 saturated carbocycles. The van der Waals surface area contributed by atoms with Crippen LogP contribution in [0.15, 0.2) is 12.4 Å². The lowest BCUT2D eigenvalue weighted by Gasteiger charge is -2.14. The molecule has 1 rings (SSSR count). The smallest absolute Gasteiger partial charge is 0.418 e. The van der Waals surface area contributed by atoms with Gasteiger partial charge >= 0.3 is 17.8 Å². The van der Waals surface area contributed by atoms with Crippen molar-refractivity contribution in [2.45, 2.75) is 19.4 Å². The van der Waals surface area contributed by atoms with Gasteiger partial charge in [0, 0.05) is 12.7 Å². The monoisotopic (exact) mass is 262 g/mol. The number of nitrogens with zero attached hydrogens (tertiary/aromatic N) is 3. The van der Waals surface area contributed by atoms with Crippen LogP contribution in [0.2, 0.25) is 0 Å². The molecule has 0 aromatic carbocycles. The highest BCUT2D eigenvalue weighted by Gasteiger charge is 2.48. The molecule has 0 fully saturated rings. The van der Waals surface area contributed by atoms with Crippen LogP contribution in [0.25, 0.3) is 0 Å². The molecule has 18 heavy (non-hydrogen) atoms. The van der Waals surface area contributed by atoms with Gasteiger partial charge in [0.15, 0.2) is 0 Å². The van der Waals surface area contributed by atoms with E-state index in [-0.39, 0.29) is 19.7 Å². The van der Waals surface area contributed by atoms with Gasteiger partial charge in [0.05, 0.1) is 19.3 Å². The minimum Gasteiger partial charge on any atom is -0.461 e. The summed E-state index contributed by atoms with van der Waals surface area (Å²) in [6, 6.07) is 0. The quantitative estimate of drug-likeness (QED) is 0.556. The van der Waals surface area contributed by atoms with Crippen molar-refractivity contribution < 1.29 is 23.1 Å². The fraction of sp³-hybridized carbons (Fsp3) is 0.556. The van der Waals surface area contributed by atoms with Crippen molar-refractivity contribution in [2.75, 3.05) is 13.2 Å². The molecule has 0 spiro atoms. The number of esters is 1. The molecule has 0 aliphatic heterocycles. The molecule has 9 heteroatoms. The van der Waals surface area contributed by atoms with E-state index in [4.69, 9.17) is 0 Å². The Morgan fingerprint density at radius 2 is 2.22 bits per heavy atom. The number of nitrogens with one attached hydrogen (secondary N) is 1. The zero-order chi connectivity index (χ0) is 13.6. The van der Waals surface area contributed by atoms with Crippen LogP contribution in [0, 0.1) is 0 Å². The molecule has 0 atom stereocenters. The third-order valence-electron chi connectivity index (χ3n) is 1.92. The maximum Gasteiger partial charge on any atom is 0.418 e. The van der Waals surface area contributed by atoms with E-state index >= 15 is 0 Å². The summed E-state index contributed by atoms with van der Waals surface area (Å²) in [6.45, 7) is 1.22. The molecule has 0 radical (unpaired) electrons. The molecule has 7 nitrogen and oxygen atoms in total. The van der Waals surface area contributed by atoms with E-state index in [9.17, 15) is 18.4 Å². The maximum atomic E-state index is 13.1. The third-order valence-corrected chi connectivity index (χ3v) is 1.92. The topological polar surface area (TPSA) is 86.1 Å². The number of rotatable bonds is 6. The summed E-state index contributed by atoms with van der Waals surface area (Å²) < 4.78 is 31.7. The number of hydrogen-bond acceptors (Lipinski definition) is 5. The first kappa shape index (κ1) is 14.0. The molecular weight excluding hydrogens is 250 g/mol. The molecule has 0 bridgehead atoms. The lowest BCUT2D eigenvalue weighted by molar-refractivity contribution is -0.177. The van der Waals surface area contributed by atoms with Gasteiger partial charge in [0.2, 0.25) is 0 Å². The van der Waals surface area contributed by atoms with Crippen LogP contribution in [-0.2, 0) is 20.9 Å². The molecule has 1 amide bonds. The lowest BCUT2D eigenvalue weighted by atomic mass is 10.3. The Bertz CT molecular complexity index is 408. The number of alkyl halides is 2. The van der Waals surface area contributed by atoms with Gasteiger partial charge in [0.1, 0.15) is 0 Å². The molecule has 0 aliphatic rings. The lowest BCUT2D eigenvalue weighted by Crippen LogP contribution is -2.47. The number of ether oxygens (including phenoxy) is 1. The van der Waals surface area contributed by atoms with Crippen molar-refractivity contribution in [3.05, 3.63) is 12.4 Å². The van der Waals surface area contributed by atoms with Crippen LogP contribution in [0.4, 0.5) is 8.78 Å². The Morgan fingerprint density at radius 1 is 1.50 bits per heavy atom. The summed E-state index contributed by atoms with van der Waals surface area (Å²) >= 11 is 0. The van der Waals surface area contributed by atoms with Crippen LogP contribution >= 0.6 is 0 Å². The molecular formula is C9H12F2N4O3. The Balaban J connectivity index is 2.41. The highest BCUT2D eigenvalue weighted by molar-refractivity contribution is 6.04. The largest absolute Gasteiger partial charge is 0.461 e. The van der Waals surface area contributed by atoms with Gasteiger partial charge in [-0.05, 0) is 6.92 Å². The number of amides is 1. The Kier molecular flexibility index (Phi) is 4.69. The molecule has 100 valence electrons. The Hall–Kier alpha value is -2.06. The average Bonchev–Trinajstić information content (AvgIpc) is 2.82. The second-order valence-corrected chi connectivity index (χ2v) is 3.22. The van der Waals surface area contributed by atoms with E-state index in [1.165, 1.54) is 24.0 Å². The van der Waals surface area contributed by atoms with E-state index in [2.05, 4.69) is 15.0 Å². The van der Waals surface area contributed by atoms with Gasteiger partial charge in [-0.2, -0.15) is 8.78 Å². The Morgan fingerprint density at radius 3 is 2.78 bits per heavy atom. The fourth-order valence-electron chi connectivity index (χ4n) is 1.06. The second kappa shape index (κ2) is 6.03. The number of carbonyl (C=O) groups excluding carboxylic acids is 2. The van der Waals surface area contributed by atoms with E-state index in [1.54, 1.807) is 0 Å². The summed E-state index contributed by atoms with van der Waals surface area (Å²) in [4.78, 5) is 21.9. The van der Waals surface area contributed by atoms with E-state index in [0.29, 0.717) is 0 Å². The van der Waals surface area contributed by atoms with Gasteiger partial charge in [-0.3, -0.25) is 9.48 Å². The normalized spacial score (nSPS) is 11.1. The Labute approximate surface area is 101 Å². The number of carbonyl (C=O) groups is 2. The molecule has 1 aromatic heterocycles. The highest BCUT2D eigenvalue weighted by atomic mass is 19.3. The first-order valence-corrected chi connectivity index (χ1v) is 5.16. The SMILES string of the molecule is CCOC(=O)C(F)(F)C(=O)NCCn1ccnn1. The van der Waals surface area contributed by atoms with Crippen molar-refractivity contribution >= 4 is 11.9 Å². The molecule has 0 saturated heterocycles. The van der Waals surface area contributed by atoms with Crippen molar-refractivity contribution in [1.29, 1.82) is 0 Å². The van der Waals surface area contributed by atoms with Crippen LogP contribution in [-0.4, -0.2) is 45.9 Å². The van der Waals surface area contributed by atoms with Gasteiger partial charge in [-0.15, -0.1) is 5.10 Å². The van der Waals surface area contributed by atoms with Gasteiger partial charge in [-0.25, -0.2) is 4.79 Å². The van der Waals surface area contributed by atoms with Crippen LogP contribution in [0.5, 0.6) is 0 Å². The van der Waals surface area contributed by atoms with Gasteiger partial charge in [-0.1, -0.05) is 5.21 Å². The molecule has 0 aliphatic carbocycles. The average molecular weight is 262 g/mol. The summed E-state index contributed by atoms with van der Waals surface area (Å²) in [6.07, 6.45) is 2.92. The number of hydrogen-bond donors (Lipinski definition) is 1. The molecule has 1 N–H and O–H groups in total. The fourth-order valence-corrected chi connectivity index (χ4v) is 1.06. The first-order chi connectivity index (χ1) is 8.48. The van der Waals surface area contributed by atoms with Crippen LogP contribution in [0.3, 0.4) is 0 Å². The van der Waals surface area contributed by atoms with Crippen molar-refractivity contribution in [1.82, 2.24) is 20.3 Å². The number of halogens is 2. The van der Waals surface area contributed by atoms with E-state index < -0.39 is 17.8 Å². The van der Waals surface area contributed by atoms with E-state index in [1.807, 2.05) is 5.32 Å². The van der Waals surface area contributed by atoms with Crippen LogP contribution < -0.4 is 5.32 Å². The van der Waals surface area contributed by atoms with Gasteiger partial charge in [0.25, 0.3) is 0 Å². The zero-order valence-corrected chi connectivity index (χ0v) is 9.60. The molecule has 1 aromatic rings. The van der Waals surface area contributed by atoms with Crippen molar-refractivity contribution in [3.63, 3.8) is 0 Å². The van der Waals surface area contributed by atoms with Crippen molar-refractivity contribution in [3.8, 4) is 0 Å². The minimum absolute atomic E-state index is 0.100. The first-order valence-electron chi connectivity index (χ1n) is 5.16. The summed E-state index contributed by atoms with van der Waals surface area (Å²) in [7, 11) is 0. The second-order valence-electron chi connectivity index (χ2n) is 3.22. The van der Waals surface area contributed by atoms with Gasteiger partial charge < -0.3 is 10.1 Å². The van der Waals surface area contributed by atoms with E-state index in [0.717, 1.165) is 0 Å². The third kappa shape index (κ3) is 3.47. The minimum atomic E-state index is -4.18. The predicted octanol–water partition coefficient (Wildman–Crippen LogP) is -0.407.